The van der Waals surface area contributed by atoms with Crippen molar-refractivity contribution in [1.29, 1.82) is 0 Å². The topological polar surface area (TPSA) is 26.3 Å². The molecule has 3 rings (SSSR count). The molecule has 20 heavy (non-hydrogen) atoms. The van der Waals surface area contributed by atoms with Gasteiger partial charge in [-0.1, -0.05) is 36.4 Å². The van der Waals surface area contributed by atoms with Gasteiger partial charge in [0.05, 0.1) is 6.10 Å². The van der Waals surface area contributed by atoms with E-state index in [2.05, 4.69) is 12.1 Å². The fourth-order valence-electron chi connectivity index (χ4n) is 2.79. The molecule has 0 aliphatic heterocycles. The van der Waals surface area contributed by atoms with Crippen LogP contribution in [0.4, 0.5) is 0 Å². The Morgan fingerprint density at radius 1 is 0.900 bits per heavy atom. The summed E-state index contributed by atoms with van der Waals surface area (Å²) >= 11 is 0. The predicted molar refractivity (Wildman–Crippen MR) is 80.3 cm³/mol. The highest BCUT2D eigenvalue weighted by molar-refractivity contribution is 6.02. The fraction of sp³-hybridized carbons (Fsp3) is 0.278. The van der Waals surface area contributed by atoms with E-state index in [1.807, 2.05) is 44.2 Å². The normalized spacial score (nSPS) is 13.7. The fourth-order valence-corrected chi connectivity index (χ4v) is 2.79. The Labute approximate surface area is 119 Å². The van der Waals surface area contributed by atoms with E-state index in [0.717, 1.165) is 34.4 Å². The minimum atomic E-state index is 0.134. The van der Waals surface area contributed by atoms with Crippen molar-refractivity contribution in [1.82, 2.24) is 0 Å². The molecule has 0 atom stereocenters. The summed E-state index contributed by atoms with van der Waals surface area (Å²) < 4.78 is 5.90. The minimum Gasteiger partial charge on any atom is -0.490 e. The summed E-state index contributed by atoms with van der Waals surface area (Å²) in [6, 6.07) is 14.0. The molecule has 0 saturated heterocycles. The second-order valence-electron chi connectivity index (χ2n) is 5.42. The molecule has 0 heterocycles. The highest BCUT2D eigenvalue weighted by Gasteiger charge is 2.23. The van der Waals surface area contributed by atoms with Gasteiger partial charge in [0.1, 0.15) is 5.75 Å². The lowest BCUT2D eigenvalue weighted by atomic mass is 9.96. The first-order valence-electron chi connectivity index (χ1n) is 7.08. The number of hydrogen-bond donors (Lipinski definition) is 0. The van der Waals surface area contributed by atoms with E-state index >= 15 is 0 Å². The summed E-state index contributed by atoms with van der Waals surface area (Å²) in [4.78, 5) is 11.9. The average Bonchev–Trinajstić information content (AvgIpc) is 2.81. The van der Waals surface area contributed by atoms with Gasteiger partial charge in [-0.2, -0.15) is 0 Å². The molecule has 0 amide bonds. The van der Waals surface area contributed by atoms with Crippen molar-refractivity contribution in [3.05, 3.63) is 53.6 Å². The van der Waals surface area contributed by atoms with Crippen LogP contribution in [0.3, 0.4) is 0 Å². The molecule has 0 unspecified atom stereocenters. The van der Waals surface area contributed by atoms with Gasteiger partial charge in [-0.05, 0) is 37.5 Å². The second kappa shape index (κ2) is 5.12. The Kier molecular flexibility index (Phi) is 3.31. The lowest BCUT2D eigenvalue weighted by Crippen LogP contribution is -2.06. The summed E-state index contributed by atoms with van der Waals surface area (Å²) in [5.74, 6) is 1.14. The van der Waals surface area contributed by atoms with Crippen LogP contribution in [-0.2, 0) is 6.42 Å². The molecule has 0 bridgehead atoms. The van der Waals surface area contributed by atoms with Gasteiger partial charge >= 0.3 is 0 Å². The zero-order chi connectivity index (χ0) is 14.1. The number of benzene rings is 2. The van der Waals surface area contributed by atoms with E-state index in [0.29, 0.717) is 6.42 Å². The first kappa shape index (κ1) is 12.9. The molecule has 0 fully saturated rings. The molecule has 0 saturated carbocycles. The van der Waals surface area contributed by atoms with Crippen molar-refractivity contribution in [3.63, 3.8) is 0 Å². The average molecular weight is 266 g/mol. The van der Waals surface area contributed by atoms with Crippen LogP contribution in [0, 0.1) is 0 Å². The number of carbonyl (C=O) groups is 1. The molecule has 0 spiro atoms. The molecule has 2 nitrogen and oxygen atoms in total. The van der Waals surface area contributed by atoms with Crippen LogP contribution in [0.15, 0.2) is 42.5 Å². The van der Waals surface area contributed by atoms with Crippen LogP contribution < -0.4 is 4.74 Å². The lowest BCUT2D eigenvalue weighted by molar-refractivity contribution is 0.0994. The first-order valence-corrected chi connectivity index (χ1v) is 7.08. The quantitative estimate of drug-likeness (QED) is 0.829. The molecule has 0 radical (unpaired) electrons. The number of carbonyl (C=O) groups excluding carboxylic acids is 1. The standard InChI is InChI=1S/C18H18O2/c1-12(2)20-18-9-4-3-6-16(18)13-7-5-8-15-14(13)10-11-17(15)19/h3-9,12H,10-11H2,1-2H3. The smallest absolute Gasteiger partial charge is 0.163 e. The van der Waals surface area contributed by atoms with Crippen LogP contribution in [0.25, 0.3) is 11.1 Å². The van der Waals surface area contributed by atoms with Gasteiger partial charge in [-0.15, -0.1) is 0 Å². The van der Waals surface area contributed by atoms with Crippen LogP contribution in [0.5, 0.6) is 5.75 Å². The van der Waals surface area contributed by atoms with Gasteiger partial charge < -0.3 is 4.74 Å². The number of hydrogen-bond acceptors (Lipinski definition) is 2. The molecule has 1 aliphatic rings. The summed E-state index contributed by atoms with van der Waals surface area (Å²) in [6.45, 7) is 4.05. The maximum Gasteiger partial charge on any atom is 0.163 e. The second-order valence-corrected chi connectivity index (χ2v) is 5.42. The van der Waals surface area contributed by atoms with Crippen molar-refractivity contribution in [3.8, 4) is 16.9 Å². The molecule has 0 N–H and O–H groups in total. The zero-order valence-electron chi connectivity index (χ0n) is 11.8. The Morgan fingerprint density at radius 3 is 2.40 bits per heavy atom. The Balaban J connectivity index is 2.13. The Morgan fingerprint density at radius 2 is 1.60 bits per heavy atom. The van der Waals surface area contributed by atoms with Gasteiger partial charge in [0.25, 0.3) is 0 Å². The van der Waals surface area contributed by atoms with E-state index in [-0.39, 0.29) is 11.9 Å². The van der Waals surface area contributed by atoms with Crippen molar-refractivity contribution >= 4 is 5.78 Å². The number of ketones is 1. The zero-order valence-corrected chi connectivity index (χ0v) is 11.8. The van der Waals surface area contributed by atoms with E-state index in [1.54, 1.807) is 0 Å². The monoisotopic (exact) mass is 266 g/mol. The molecule has 2 aromatic carbocycles. The van der Waals surface area contributed by atoms with Crippen molar-refractivity contribution in [2.24, 2.45) is 0 Å². The largest absolute Gasteiger partial charge is 0.490 e. The van der Waals surface area contributed by atoms with Gasteiger partial charge in [0.15, 0.2) is 5.78 Å². The molecule has 2 heteroatoms. The number of para-hydroxylation sites is 1. The number of rotatable bonds is 3. The van der Waals surface area contributed by atoms with Gasteiger partial charge in [-0.3, -0.25) is 4.79 Å². The van der Waals surface area contributed by atoms with E-state index in [9.17, 15) is 4.79 Å². The Hall–Kier alpha value is -2.09. The van der Waals surface area contributed by atoms with Gasteiger partial charge in [-0.25, -0.2) is 0 Å². The molecule has 2 aromatic rings. The van der Waals surface area contributed by atoms with Crippen LogP contribution in [0.1, 0.15) is 36.2 Å². The van der Waals surface area contributed by atoms with Crippen molar-refractivity contribution in [2.45, 2.75) is 32.8 Å². The third kappa shape index (κ3) is 2.22. The Bertz CT molecular complexity index is 656. The summed E-state index contributed by atoms with van der Waals surface area (Å²) in [5, 5.41) is 0. The van der Waals surface area contributed by atoms with Crippen molar-refractivity contribution in [2.75, 3.05) is 0 Å². The lowest BCUT2D eigenvalue weighted by Gasteiger charge is -2.16. The van der Waals surface area contributed by atoms with Gasteiger partial charge in [0, 0.05) is 17.5 Å². The van der Waals surface area contributed by atoms with E-state index < -0.39 is 0 Å². The maximum absolute atomic E-state index is 11.9. The summed E-state index contributed by atoms with van der Waals surface area (Å²) in [5.41, 5.74) is 4.25. The third-order valence-corrected chi connectivity index (χ3v) is 3.62. The number of Topliss-reactive ketones (excluding diaryl/α,β-unsaturated/α-hetero) is 1. The number of fused-ring (bicyclic) bond motifs is 1. The van der Waals surface area contributed by atoms with Crippen LogP contribution >= 0.6 is 0 Å². The van der Waals surface area contributed by atoms with Gasteiger partial charge in [0.2, 0.25) is 0 Å². The third-order valence-electron chi connectivity index (χ3n) is 3.62. The minimum absolute atomic E-state index is 0.134. The predicted octanol–water partition coefficient (Wildman–Crippen LogP) is 4.27. The number of ether oxygens (including phenoxy) is 1. The van der Waals surface area contributed by atoms with Crippen LogP contribution in [0.2, 0.25) is 0 Å². The maximum atomic E-state index is 11.9. The highest BCUT2D eigenvalue weighted by atomic mass is 16.5. The summed E-state index contributed by atoms with van der Waals surface area (Å²) in [6.07, 6.45) is 1.59. The molecule has 0 aromatic heterocycles. The van der Waals surface area contributed by atoms with E-state index in [1.165, 1.54) is 0 Å². The molecule has 1 aliphatic carbocycles. The molecular weight excluding hydrogens is 248 g/mol. The summed E-state index contributed by atoms with van der Waals surface area (Å²) in [7, 11) is 0. The van der Waals surface area contributed by atoms with Crippen LogP contribution in [-0.4, -0.2) is 11.9 Å². The highest BCUT2D eigenvalue weighted by Crippen LogP contribution is 2.37. The first-order chi connectivity index (χ1) is 9.66. The van der Waals surface area contributed by atoms with Crippen molar-refractivity contribution < 1.29 is 9.53 Å². The SMILES string of the molecule is CC(C)Oc1ccccc1-c1cccc2c1CCC2=O. The molecule has 102 valence electrons. The van der Waals surface area contributed by atoms with E-state index in [4.69, 9.17) is 4.74 Å². The molecular formula is C18H18O2.